The van der Waals surface area contributed by atoms with Gasteiger partial charge >= 0.3 is 0 Å². The number of nitrogen functional groups attached to an aromatic ring is 1. The van der Waals surface area contributed by atoms with E-state index in [4.69, 9.17) is 5.73 Å². The molecule has 0 bridgehead atoms. The normalized spacial score (nSPS) is 11.7. The first kappa shape index (κ1) is 15.5. The molecule has 0 aromatic heterocycles. The van der Waals surface area contributed by atoms with E-state index < -0.39 is 10.0 Å². The van der Waals surface area contributed by atoms with Crippen LogP contribution in [-0.2, 0) is 10.0 Å². The average Bonchev–Trinajstić information content (AvgIpc) is 2.62. The second-order valence-corrected chi connectivity index (χ2v) is 7.55. The first-order valence-electron chi connectivity index (χ1n) is 7.83. The van der Waals surface area contributed by atoms with Crippen LogP contribution in [0, 0.1) is 0 Å². The van der Waals surface area contributed by atoms with Crippen molar-refractivity contribution in [2.45, 2.75) is 4.90 Å². The topological polar surface area (TPSA) is 72.2 Å². The molecule has 0 aliphatic carbocycles. The van der Waals surface area contributed by atoms with Gasteiger partial charge in [-0.15, -0.1) is 0 Å². The van der Waals surface area contributed by atoms with Crippen LogP contribution < -0.4 is 10.5 Å². The standard InChI is InChI=1S/C20H16N2O2S/c21-16-9-11-17(12-10-16)25(23,24)22-20-18-7-3-1-5-14(18)13-15-6-2-4-8-19(15)20/h1-13,22H,21H2. The predicted octanol–water partition coefficient (Wildman–Crippen LogP) is 4.38. The minimum absolute atomic E-state index is 0.179. The van der Waals surface area contributed by atoms with Crippen molar-refractivity contribution in [2.24, 2.45) is 0 Å². The minimum atomic E-state index is -3.72. The Bertz CT molecular complexity index is 1130. The van der Waals surface area contributed by atoms with E-state index in [0.29, 0.717) is 11.4 Å². The molecule has 4 nitrogen and oxygen atoms in total. The Morgan fingerprint density at radius 3 is 1.80 bits per heavy atom. The van der Waals surface area contributed by atoms with Crippen LogP contribution in [0.15, 0.2) is 83.8 Å². The molecule has 0 aliphatic rings. The highest BCUT2D eigenvalue weighted by atomic mass is 32.2. The Morgan fingerprint density at radius 2 is 1.24 bits per heavy atom. The molecule has 0 heterocycles. The smallest absolute Gasteiger partial charge is 0.261 e. The predicted molar refractivity (Wildman–Crippen MR) is 103 cm³/mol. The van der Waals surface area contributed by atoms with Crippen LogP contribution >= 0.6 is 0 Å². The SMILES string of the molecule is Nc1ccc(S(=O)(=O)Nc2c3ccccc3cc3ccccc23)cc1. The fraction of sp³-hybridized carbons (Fsp3) is 0. The van der Waals surface area contributed by atoms with E-state index in [9.17, 15) is 8.42 Å². The molecule has 4 rings (SSSR count). The van der Waals surface area contributed by atoms with Gasteiger partial charge in [0.1, 0.15) is 0 Å². The Kier molecular flexibility index (Phi) is 3.58. The molecule has 4 aromatic carbocycles. The zero-order valence-electron chi connectivity index (χ0n) is 13.3. The molecule has 0 saturated carbocycles. The summed E-state index contributed by atoms with van der Waals surface area (Å²) in [6.45, 7) is 0. The summed E-state index contributed by atoms with van der Waals surface area (Å²) in [7, 11) is -3.72. The van der Waals surface area contributed by atoms with Gasteiger partial charge in [0.2, 0.25) is 0 Å². The van der Waals surface area contributed by atoms with E-state index in [1.807, 2.05) is 48.5 Å². The fourth-order valence-electron chi connectivity index (χ4n) is 2.96. The monoisotopic (exact) mass is 348 g/mol. The molecule has 0 unspecified atom stereocenters. The van der Waals surface area contributed by atoms with E-state index >= 15 is 0 Å². The van der Waals surface area contributed by atoms with Crippen molar-refractivity contribution in [3.8, 4) is 0 Å². The average molecular weight is 348 g/mol. The van der Waals surface area contributed by atoms with Gasteiger partial charge in [0.05, 0.1) is 10.6 Å². The maximum absolute atomic E-state index is 12.8. The van der Waals surface area contributed by atoms with Gasteiger partial charge in [-0.3, -0.25) is 4.72 Å². The van der Waals surface area contributed by atoms with Gasteiger partial charge in [0, 0.05) is 16.5 Å². The number of hydrogen-bond acceptors (Lipinski definition) is 3. The fourth-order valence-corrected chi connectivity index (χ4v) is 4.06. The first-order chi connectivity index (χ1) is 12.0. The summed E-state index contributed by atoms with van der Waals surface area (Å²) in [6, 6.07) is 23.7. The van der Waals surface area contributed by atoms with Crippen LogP contribution in [0.1, 0.15) is 0 Å². The molecule has 0 atom stereocenters. The van der Waals surface area contributed by atoms with Crippen LogP contribution in [-0.4, -0.2) is 8.42 Å². The molecule has 0 radical (unpaired) electrons. The molecule has 0 fully saturated rings. The highest BCUT2D eigenvalue weighted by Gasteiger charge is 2.17. The number of benzene rings is 4. The Balaban J connectivity index is 1.94. The molecule has 25 heavy (non-hydrogen) atoms. The third kappa shape index (κ3) is 2.79. The van der Waals surface area contributed by atoms with Gasteiger partial charge in [-0.2, -0.15) is 0 Å². The lowest BCUT2D eigenvalue weighted by Gasteiger charge is -2.14. The van der Waals surface area contributed by atoms with Crippen molar-refractivity contribution in [3.63, 3.8) is 0 Å². The van der Waals surface area contributed by atoms with Crippen LogP contribution in [0.25, 0.3) is 21.5 Å². The maximum Gasteiger partial charge on any atom is 0.261 e. The summed E-state index contributed by atoms with van der Waals surface area (Å²) in [5.74, 6) is 0. The quantitative estimate of drug-likeness (QED) is 0.426. The number of rotatable bonds is 3. The molecule has 0 spiro atoms. The summed E-state index contributed by atoms with van der Waals surface area (Å²) >= 11 is 0. The number of hydrogen-bond donors (Lipinski definition) is 2. The van der Waals surface area contributed by atoms with Gasteiger partial charge in [0.15, 0.2) is 0 Å². The van der Waals surface area contributed by atoms with E-state index in [1.165, 1.54) is 12.1 Å². The highest BCUT2D eigenvalue weighted by molar-refractivity contribution is 7.92. The molecular formula is C20H16N2O2S. The number of nitrogens with one attached hydrogen (secondary N) is 1. The lowest BCUT2D eigenvalue weighted by atomic mass is 10.0. The van der Waals surface area contributed by atoms with Crippen molar-refractivity contribution < 1.29 is 8.42 Å². The van der Waals surface area contributed by atoms with Crippen LogP contribution in [0.5, 0.6) is 0 Å². The summed E-state index contributed by atoms with van der Waals surface area (Å²) in [4.78, 5) is 0.179. The van der Waals surface area contributed by atoms with Gasteiger partial charge in [-0.1, -0.05) is 48.5 Å². The summed E-state index contributed by atoms with van der Waals surface area (Å²) < 4.78 is 28.5. The van der Waals surface area contributed by atoms with Crippen molar-refractivity contribution in [3.05, 3.63) is 78.9 Å². The summed E-state index contributed by atoms with van der Waals surface area (Å²) in [5.41, 5.74) is 6.77. The first-order valence-corrected chi connectivity index (χ1v) is 9.32. The largest absolute Gasteiger partial charge is 0.399 e. The molecule has 124 valence electrons. The molecule has 0 aliphatic heterocycles. The lowest BCUT2D eigenvalue weighted by molar-refractivity contribution is 0.601. The molecule has 5 heteroatoms. The molecule has 3 N–H and O–H groups in total. The molecule has 0 saturated heterocycles. The molecule has 4 aromatic rings. The second-order valence-electron chi connectivity index (χ2n) is 5.87. The summed E-state index contributed by atoms with van der Waals surface area (Å²) in [5, 5.41) is 3.69. The van der Waals surface area contributed by atoms with Gasteiger partial charge in [-0.25, -0.2) is 8.42 Å². The number of nitrogens with two attached hydrogens (primary N) is 1. The Hall–Kier alpha value is -3.05. The van der Waals surface area contributed by atoms with Crippen LogP contribution in [0.2, 0.25) is 0 Å². The van der Waals surface area contributed by atoms with Gasteiger partial charge in [-0.05, 0) is 41.1 Å². The molecule has 0 amide bonds. The van der Waals surface area contributed by atoms with Crippen LogP contribution in [0.4, 0.5) is 11.4 Å². The molecular weight excluding hydrogens is 332 g/mol. The zero-order chi connectivity index (χ0) is 17.4. The maximum atomic E-state index is 12.8. The van der Waals surface area contributed by atoms with Crippen molar-refractivity contribution >= 4 is 42.9 Å². The second kappa shape index (κ2) is 5.79. The zero-order valence-corrected chi connectivity index (χ0v) is 14.1. The summed E-state index contributed by atoms with van der Waals surface area (Å²) in [6.07, 6.45) is 0. The highest BCUT2D eigenvalue weighted by Crippen LogP contribution is 2.34. The van der Waals surface area contributed by atoms with Gasteiger partial charge in [0.25, 0.3) is 10.0 Å². The van der Waals surface area contributed by atoms with Crippen molar-refractivity contribution in [1.29, 1.82) is 0 Å². The van der Waals surface area contributed by atoms with E-state index in [1.54, 1.807) is 12.1 Å². The third-order valence-electron chi connectivity index (χ3n) is 4.20. The number of fused-ring (bicyclic) bond motifs is 2. The third-order valence-corrected chi connectivity index (χ3v) is 5.56. The number of sulfonamides is 1. The van der Waals surface area contributed by atoms with Crippen LogP contribution in [0.3, 0.4) is 0 Å². The van der Waals surface area contributed by atoms with Crippen molar-refractivity contribution in [2.75, 3.05) is 10.5 Å². The Morgan fingerprint density at radius 1 is 0.720 bits per heavy atom. The van der Waals surface area contributed by atoms with E-state index in [2.05, 4.69) is 10.8 Å². The minimum Gasteiger partial charge on any atom is -0.399 e. The lowest BCUT2D eigenvalue weighted by Crippen LogP contribution is -2.13. The van der Waals surface area contributed by atoms with Gasteiger partial charge < -0.3 is 5.73 Å². The van der Waals surface area contributed by atoms with E-state index in [0.717, 1.165) is 21.5 Å². The van der Waals surface area contributed by atoms with Crippen molar-refractivity contribution in [1.82, 2.24) is 0 Å². The van der Waals surface area contributed by atoms with E-state index in [-0.39, 0.29) is 4.90 Å². The number of anilines is 2. The Labute approximate surface area is 146 Å².